The maximum atomic E-state index is 12.7. The van der Waals surface area contributed by atoms with Crippen LogP contribution in [0.15, 0.2) is 48.5 Å². The fourth-order valence-electron chi connectivity index (χ4n) is 3.25. The van der Waals surface area contributed by atoms with Crippen LogP contribution >= 0.6 is 0 Å². The summed E-state index contributed by atoms with van der Waals surface area (Å²) in [6, 6.07) is 12.8. The van der Waals surface area contributed by atoms with Gasteiger partial charge in [0.25, 0.3) is 5.91 Å². The lowest BCUT2D eigenvalue weighted by atomic mass is 10.1. The highest BCUT2D eigenvalue weighted by Gasteiger charge is 2.30. The first-order chi connectivity index (χ1) is 13.2. The number of alkyl halides is 3. The fraction of sp³-hybridized carbons (Fsp3) is 0.381. The molecule has 1 amide bonds. The summed E-state index contributed by atoms with van der Waals surface area (Å²) in [7, 11) is 3.90. The molecule has 1 saturated heterocycles. The molecule has 2 aromatic rings. The van der Waals surface area contributed by atoms with Crippen LogP contribution in [0.1, 0.15) is 21.5 Å². The Kier molecular flexibility index (Phi) is 5.93. The van der Waals surface area contributed by atoms with Crippen molar-refractivity contribution in [1.29, 1.82) is 0 Å². The molecule has 150 valence electrons. The number of carbonyl (C=O) groups excluding carboxylic acids is 1. The summed E-state index contributed by atoms with van der Waals surface area (Å²) in [4.78, 5) is 18.6. The van der Waals surface area contributed by atoms with Gasteiger partial charge in [-0.25, -0.2) is 0 Å². The summed E-state index contributed by atoms with van der Waals surface area (Å²) in [5, 5.41) is 0. The second-order valence-electron chi connectivity index (χ2n) is 7.20. The highest BCUT2D eigenvalue weighted by Crippen LogP contribution is 2.29. The van der Waals surface area contributed by atoms with Crippen LogP contribution in [0.5, 0.6) is 0 Å². The maximum absolute atomic E-state index is 12.7. The predicted octanol–water partition coefficient (Wildman–Crippen LogP) is 3.73. The number of hydrogen-bond donors (Lipinski definition) is 0. The molecular weight excluding hydrogens is 367 g/mol. The van der Waals surface area contributed by atoms with E-state index >= 15 is 0 Å². The van der Waals surface area contributed by atoms with E-state index in [0.717, 1.165) is 23.4 Å². The van der Waals surface area contributed by atoms with E-state index in [9.17, 15) is 18.0 Å². The maximum Gasteiger partial charge on any atom is 0.416 e. The molecule has 1 aliphatic heterocycles. The molecule has 0 N–H and O–H groups in total. The van der Waals surface area contributed by atoms with Gasteiger partial charge in [-0.1, -0.05) is 12.1 Å². The average Bonchev–Trinajstić information content (AvgIpc) is 2.68. The zero-order valence-electron chi connectivity index (χ0n) is 16.0. The van der Waals surface area contributed by atoms with Crippen LogP contribution in [0.3, 0.4) is 0 Å². The summed E-state index contributed by atoms with van der Waals surface area (Å²) in [5.41, 5.74) is 1.92. The lowest BCUT2D eigenvalue weighted by molar-refractivity contribution is -0.137. The van der Waals surface area contributed by atoms with Crippen LogP contribution in [-0.4, -0.2) is 56.0 Å². The number of rotatable bonds is 4. The summed E-state index contributed by atoms with van der Waals surface area (Å²) >= 11 is 0. The molecule has 0 spiro atoms. The molecule has 28 heavy (non-hydrogen) atoms. The molecule has 4 nitrogen and oxygen atoms in total. The number of halogens is 3. The van der Waals surface area contributed by atoms with E-state index in [4.69, 9.17) is 0 Å². The highest BCUT2D eigenvalue weighted by molar-refractivity contribution is 5.94. The van der Waals surface area contributed by atoms with Gasteiger partial charge in [-0.3, -0.25) is 9.69 Å². The molecule has 2 aromatic carbocycles. The van der Waals surface area contributed by atoms with Gasteiger partial charge >= 0.3 is 6.18 Å². The molecule has 0 atom stereocenters. The van der Waals surface area contributed by atoms with Crippen molar-refractivity contribution in [2.45, 2.75) is 12.7 Å². The van der Waals surface area contributed by atoms with Crippen LogP contribution in [0.2, 0.25) is 0 Å². The summed E-state index contributed by atoms with van der Waals surface area (Å²) in [6.07, 6.45) is -4.31. The van der Waals surface area contributed by atoms with Gasteiger partial charge in [-0.2, -0.15) is 13.2 Å². The Balaban J connectivity index is 1.53. The molecule has 0 bridgehead atoms. The Hall–Kier alpha value is -2.54. The SMILES string of the molecule is CN(C)c1ccc(C(=O)N2CCN(Cc3ccc(C(F)(F)F)cc3)CC2)cc1. The van der Waals surface area contributed by atoms with Crippen LogP contribution in [0.25, 0.3) is 0 Å². The zero-order valence-corrected chi connectivity index (χ0v) is 16.0. The van der Waals surface area contributed by atoms with Gasteiger partial charge < -0.3 is 9.80 Å². The number of benzene rings is 2. The van der Waals surface area contributed by atoms with Crippen LogP contribution in [0.4, 0.5) is 18.9 Å². The van der Waals surface area contributed by atoms with E-state index in [-0.39, 0.29) is 5.91 Å². The smallest absolute Gasteiger partial charge is 0.378 e. The standard InChI is InChI=1S/C21H24F3N3O/c1-25(2)19-9-5-17(6-10-19)20(28)27-13-11-26(12-14-27)15-16-3-7-18(8-4-16)21(22,23)24/h3-10H,11-15H2,1-2H3. The van der Waals surface area contributed by atoms with Crippen LogP contribution < -0.4 is 4.90 Å². The third kappa shape index (κ3) is 4.84. The Morgan fingerprint density at radius 1 is 0.929 bits per heavy atom. The first-order valence-corrected chi connectivity index (χ1v) is 9.19. The number of hydrogen-bond acceptors (Lipinski definition) is 3. The zero-order chi connectivity index (χ0) is 20.3. The molecule has 0 saturated carbocycles. The number of piperazine rings is 1. The first-order valence-electron chi connectivity index (χ1n) is 9.19. The normalized spacial score (nSPS) is 15.5. The quantitative estimate of drug-likeness (QED) is 0.795. The Morgan fingerprint density at radius 2 is 1.50 bits per heavy atom. The van der Waals surface area contributed by atoms with Gasteiger partial charge in [-0.15, -0.1) is 0 Å². The molecular formula is C21H24F3N3O. The molecule has 1 heterocycles. The Labute approximate surface area is 163 Å². The second-order valence-corrected chi connectivity index (χ2v) is 7.20. The molecule has 7 heteroatoms. The van der Waals surface area contributed by atoms with Crippen molar-refractivity contribution in [3.05, 3.63) is 65.2 Å². The molecule has 0 aliphatic carbocycles. The average molecular weight is 391 g/mol. The minimum Gasteiger partial charge on any atom is -0.378 e. The molecule has 3 rings (SSSR count). The molecule has 1 aliphatic rings. The van der Waals surface area contributed by atoms with E-state index in [0.29, 0.717) is 38.3 Å². The van der Waals surface area contributed by atoms with Crippen LogP contribution in [0, 0.1) is 0 Å². The van der Waals surface area contributed by atoms with Crippen molar-refractivity contribution in [2.24, 2.45) is 0 Å². The summed E-state index contributed by atoms with van der Waals surface area (Å²) in [5.74, 6) is 0.0134. The minimum absolute atomic E-state index is 0.0134. The van der Waals surface area contributed by atoms with E-state index in [1.165, 1.54) is 12.1 Å². The van der Waals surface area contributed by atoms with Gasteiger partial charge in [0.2, 0.25) is 0 Å². The first kappa shape index (κ1) is 20.2. The minimum atomic E-state index is -4.31. The highest BCUT2D eigenvalue weighted by atomic mass is 19.4. The molecule has 0 unspecified atom stereocenters. The number of carbonyl (C=O) groups is 1. The van der Waals surface area contributed by atoms with E-state index in [2.05, 4.69) is 4.90 Å². The lowest BCUT2D eigenvalue weighted by Gasteiger charge is -2.35. The van der Waals surface area contributed by atoms with Crippen molar-refractivity contribution in [3.8, 4) is 0 Å². The third-order valence-electron chi connectivity index (χ3n) is 4.98. The number of nitrogens with zero attached hydrogens (tertiary/aromatic N) is 3. The van der Waals surface area contributed by atoms with Gasteiger partial charge in [0.1, 0.15) is 0 Å². The van der Waals surface area contributed by atoms with E-state index < -0.39 is 11.7 Å². The summed E-state index contributed by atoms with van der Waals surface area (Å²) in [6.45, 7) is 3.19. The summed E-state index contributed by atoms with van der Waals surface area (Å²) < 4.78 is 37.9. The van der Waals surface area contributed by atoms with Crippen molar-refractivity contribution in [1.82, 2.24) is 9.80 Å². The Bertz CT molecular complexity index is 793. The number of amides is 1. The lowest BCUT2D eigenvalue weighted by Crippen LogP contribution is -2.48. The van der Waals surface area contributed by atoms with Crippen LogP contribution in [-0.2, 0) is 12.7 Å². The van der Waals surface area contributed by atoms with Crippen molar-refractivity contribution >= 4 is 11.6 Å². The van der Waals surface area contributed by atoms with Gasteiger partial charge in [0, 0.05) is 58.1 Å². The largest absolute Gasteiger partial charge is 0.416 e. The number of anilines is 1. The van der Waals surface area contributed by atoms with Crippen molar-refractivity contribution in [2.75, 3.05) is 45.2 Å². The molecule has 1 fully saturated rings. The van der Waals surface area contributed by atoms with Gasteiger partial charge in [0.05, 0.1) is 5.56 Å². The molecule has 0 aromatic heterocycles. The monoisotopic (exact) mass is 391 g/mol. The third-order valence-corrected chi connectivity index (χ3v) is 4.98. The fourth-order valence-corrected chi connectivity index (χ4v) is 3.25. The van der Waals surface area contributed by atoms with E-state index in [1.54, 1.807) is 0 Å². The van der Waals surface area contributed by atoms with Crippen molar-refractivity contribution < 1.29 is 18.0 Å². The van der Waals surface area contributed by atoms with Gasteiger partial charge in [-0.05, 0) is 42.0 Å². The van der Waals surface area contributed by atoms with Gasteiger partial charge in [0.15, 0.2) is 0 Å². The second kappa shape index (κ2) is 8.22. The van der Waals surface area contributed by atoms with Crippen molar-refractivity contribution in [3.63, 3.8) is 0 Å². The molecule has 0 radical (unpaired) electrons. The topological polar surface area (TPSA) is 26.8 Å². The Morgan fingerprint density at radius 3 is 2.00 bits per heavy atom. The van der Waals surface area contributed by atoms with E-state index in [1.807, 2.05) is 48.2 Å². The predicted molar refractivity (Wildman–Crippen MR) is 103 cm³/mol.